The van der Waals surface area contributed by atoms with E-state index in [9.17, 15) is 0 Å². The maximum absolute atomic E-state index is 9.03. The number of rotatable bonds is 5. The van der Waals surface area contributed by atoms with E-state index >= 15 is 0 Å². The molecule has 1 unspecified atom stereocenters. The monoisotopic (exact) mass is 257 g/mol. The quantitative estimate of drug-likeness (QED) is 0.851. The number of anilines is 1. The van der Waals surface area contributed by atoms with E-state index in [2.05, 4.69) is 29.4 Å². The van der Waals surface area contributed by atoms with Gasteiger partial charge >= 0.3 is 0 Å². The van der Waals surface area contributed by atoms with E-state index in [1.165, 1.54) is 0 Å². The number of aliphatic hydroxyl groups is 1. The van der Waals surface area contributed by atoms with Crippen LogP contribution in [0.5, 0.6) is 0 Å². The van der Waals surface area contributed by atoms with Crippen LogP contribution in [0.1, 0.15) is 31.4 Å². The van der Waals surface area contributed by atoms with Gasteiger partial charge in [-0.15, -0.1) is 10.2 Å². The van der Waals surface area contributed by atoms with E-state index in [0.29, 0.717) is 17.5 Å². The molecule has 0 saturated carbocycles. The van der Waals surface area contributed by atoms with Gasteiger partial charge in [0.2, 0.25) is 0 Å². The van der Waals surface area contributed by atoms with Crippen LogP contribution in [0.3, 0.4) is 0 Å². The molecule has 96 valence electrons. The molecule has 0 aliphatic heterocycles. The van der Waals surface area contributed by atoms with Gasteiger partial charge in [0.25, 0.3) is 0 Å². The van der Waals surface area contributed by atoms with Crippen molar-refractivity contribution >= 4 is 17.4 Å². The highest BCUT2D eigenvalue weighted by molar-refractivity contribution is 6.30. The van der Waals surface area contributed by atoms with Crippen LogP contribution in [-0.2, 0) is 0 Å². The normalized spacial score (nSPS) is 12.9. The van der Waals surface area contributed by atoms with Crippen molar-refractivity contribution in [3.8, 4) is 0 Å². The first-order valence-electron chi connectivity index (χ1n) is 5.84. The Hall–Kier alpha value is -0.870. The predicted octanol–water partition coefficient (Wildman–Crippen LogP) is 2.57. The molecular formula is C12H20ClN3O. The van der Waals surface area contributed by atoms with Crippen molar-refractivity contribution in [2.24, 2.45) is 5.92 Å². The van der Waals surface area contributed by atoms with Gasteiger partial charge in [-0.25, -0.2) is 0 Å². The second-order valence-electron chi connectivity index (χ2n) is 4.60. The number of hydrogen-bond acceptors (Lipinski definition) is 4. The van der Waals surface area contributed by atoms with Crippen LogP contribution < -0.4 is 5.32 Å². The van der Waals surface area contributed by atoms with E-state index in [-0.39, 0.29) is 12.6 Å². The molecule has 4 nitrogen and oxygen atoms in total. The van der Waals surface area contributed by atoms with Gasteiger partial charge in [-0.2, -0.15) is 0 Å². The maximum Gasteiger partial charge on any atom is 0.155 e. The Balaban J connectivity index is 2.90. The minimum atomic E-state index is 0.162. The lowest BCUT2D eigenvalue weighted by Crippen LogP contribution is -2.28. The zero-order valence-electron chi connectivity index (χ0n) is 10.8. The van der Waals surface area contributed by atoms with Crippen molar-refractivity contribution in [2.75, 3.05) is 11.9 Å². The fraction of sp³-hybridized carbons (Fsp3) is 0.667. The van der Waals surface area contributed by atoms with Gasteiger partial charge in [-0.05, 0) is 37.3 Å². The summed E-state index contributed by atoms with van der Waals surface area (Å²) in [5.41, 5.74) is 1.95. The van der Waals surface area contributed by atoms with Crippen molar-refractivity contribution < 1.29 is 5.11 Å². The van der Waals surface area contributed by atoms with Gasteiger partial charge in [0.15, 0.2) is 11.0 Å². The molecule has 0 saturated heterocycles. The summed E-state index contributed by atoms with van der Waals surface area (Å²) >= 11 is 5.90. The minimum absolute atomic E-state index is 0.162. The molecule has 5 heteroatoms. The number of nitrogens with one attached hydrogen (secondary N) is 1. The Kier molecular flexibility index (Phi) is 5.15. The van der Waals surface area contributed by atoms with Crippen LogP contribution in [0.4, 0.5) is 5.82 Å². The second kappa shape index (κ2) is 6.17. The summed E-state index contributed by atoms with van der Waals surface area (Å²) in [6.07, 6.45) is 0.695. The molecular weight excluding hydrogens is 238 g/mol. The molecule has 0 fully saturated rings. The number of nitrogens with zero attached hydrogens (tertiary/aromatic N) is 2. The second-order valence-corrected chi connectivity index (χ2v) is 4.95. The molecule has 2 N–H and O–H groups in total. The van der Waals surface area contributed by atoms with Crippen molar-refractivity contribution in [3.05, 3.63) is 16.3 Å². The summed E-state index contributed by atoms with van der Waals surface area (Å²) in [7, 11) is 0. The highest BCUT2D eigenvalue weighted by Crippen LogP contribution is 2.22. The third-order valence-electron chi connectivity index (χ3n) is 3.03. The van der Waals surface area contributed by atoms with E-state index in [0.717, 1.165) is 16.9 Å². The molecule has 1 aromatic rings. The molecule has 1 rings (SSSR count). The fourth-order valence-electron chi connectivity index (χ4n) is 1.60. The molecule has 1 atom stereocenters. The Bertz CT molecular complexity index is 382. The van der Waals surface area contributed by atoms with Crippen LogP contribution >= 0.6 is 11.6 Å². The van der Waals surface area contributed by atoms with Crippen molar-refractivity contribution in [1.29, 1.82) is 0 Å². The Morgan fingerprint density at radius 3 is 2.41 bits per heavy atom. The SMILES string of the molecule is Cc1c(Cl)nnc(NC(CCO)C(C)C)c1C. The Morgan fingerprint density at radius 2 is 1.88 bits per heavy atom. The zero-order chi connectivity index (χ0) is 13.0. The molecule has 0 aliphatic rings. The molecule has 17 heavy (non-hydrogen) atoms. The molecule has 1 aromatic heterocycles. The van der Waals surface area contributed by atoms with E-state index < -0.39 is 0 Å². The highest BCUT2D eigenvalue weighted by Gasteiger charge is 2.16. The zero-order valence-corrected chi connectivity index (χ0v) is 11.5. The number of halogens is 1. The average Bonchev–Trinajstić information content (AvgIpc) is 2.28. The van der Waals surface area contributed by atoms with Gasteiger partial charge in [-0.1, -0.05) is 25.4 Å². The van der Waals surface area contributed by atoms with Crippen molar-refractivity contribution in [1.82, 2.24) is 10.2 Å². The van der Waals surface area contributed by atoms with E-state index in [1.54, 1.807) is 0 Å². The number of hydrogen-bond donors (Lipinski definition) is 2. The number of aromatic nitrogens is 2. The van der Waals surface area contributed by atoms with Crippen LogP contribution in [0.2, 0.25) is 5.15 Å². The van der Waals surface area contributed by atoms with Crippen LogP contribution in [0.15, 0.2) is 0 Å². The lowest BCUT2D eigenvalue weighted by Gasteiger charge is -2.23. The van der Waals surface area contributed by atoms with Gasteiger partial charge in [0, 0.05) is 12.6 Å². The standard InChI is InChI=1S/C12H20ClN3O/c1-7(2)10(5-6-17)14-12-9(4)8(3)11(13)15-16-12/h7,10,17H,5-6H2,1-4H3,(H,14,16). The Labute approximate surface area is 107 Å². The smallest absolute Gasteiger partial charge is 0.155 e. The lowest BCUT2D eigenvalue weighted by atomic mass is 10.0. The number of aliphatic hydroxyl groups excluding tert-OH is 1. The predicted molar refractivity (Wildman–Crippen MR) is 70.5 cm³/mol. The molecule has 0 radical (unpaired) electrons. The topological polar surface area (TPSA) is 58.0 Å². The van der Waals surface area contributed by atoms with Gasteiger partial charge in [-0.3, -0.25) is 0 Å². The first-order valence-corrected chi connectivity index (χ1v) is 6.22. The summed E-state index contributed by atoms with van der Waals surface area (Å²) in [6.45, 7) is 8.27. The third-order valence-corrected chi connectivity index (χ3v) is 3.39. The van der Waals surface area contributed by atoms with Gasteiger partial charge in [0.05, 0.1) is 0 Å². The van der Waals surface area contributed by atoms with E-state index in [1.807, 2.05) is 13.8 Å². The third kappa shape index (κ3) is 3.54. The van der Waals surface area contributed by atoms with Crippen LogP contribution in [0.25, 0.3) is 0 Å². The lowest BCUT2D eigenvalue weighted by molar-refractivity contribution is 0.267. The summed E-state index contributed by atoms with van der Waals surface area (Å²) < 4.78 is 0. The van der Waals surface area contributed by atoms with E-state index in [4.69, 9.17) is 16.7 Å². The summed E-state index contributed by atoms with van der Waals surface area (Å²) in [5, 5.41) is 20.8. The van der Waals surface area contributed by atoms with Crippen LogP contribution in [0, 0.1) is 19.8 Å². The highest BCUT2D eigenvalue weighted by atomic mass is 35.5. The molecule has 0 spiro atoms. The van der Waals surface area contributed by atoms with Crippen molar-refractivity contribution in [2.45, 2.75) is 40.2 Å². The van der Waals surface area contributed by atoms with Crippen molar-refractivity contribution in [3.63, 3.8) is 0 Å². The summed E-state index contributed by atoms with van der Waals surface area (Å²) in [4.78, 5) is 0. The molecule has 0 aromatic carbocycles. The first kappa shape index (κ1) is 14.2. The maximum atomic E-state index is 9.03. The summed E-state index contributed by atoms with van der Waals surface area (Å²) in [6, 6.07) is 0.188. The first-order chi connectivity index (χ1) is 7.97. The molecule has 0 aliphatic carbocycles. The summed E-state index contributed by atoms with van der Waals surface area (Å²) in [5.74, 6) is 1.17. The molecule has 0 bridgehead atoms. The van der Waals surface area contributed by atoms with Gasteiger partial charge < -0.3 is 10.4 Å². The Morgan fingerprint density at radius 1 is 1.24 bits per heavy atom. The molecule has 1 heterocycles. The minimum Gasteiger partial charge on any atom is -0.396 e. The largest absolute Gasteiger partial charge is 0.396 e. The van der Waals surface area contributed by atoms with Gasteiger partial charge in [0.1, 0.15) is 0 Å². The van der Waals surface area contributed by atoms with Crippen LogP contribution in [-0.4, -0.2) is 28.0 Å². The molecule has 0 amide bonds. The average molecular weight is 258 g/mol. The fourth-order valence-corrected chi connectivity index (χ4v) is 1.78.